The molecular weight excluding hydrogens is 300 g/mol. The zero-order valence-corrected chi connectivity index (χ0v) is 13.9. The smallest absolute Gasteiger partial charge is 0.262 e. The van der Waals surface area contributed by atoms with Gasteiger partial charge in [-0.05, 0) is 56.5 Å². The van der Waals surface area contributed by atoms with Crippen molar-refractivity contribution in [2.75, 3.05) is 0 Å². The molecule has 0 aromatic carbocycles. The molecule has 1 fully saturated rings. The van der Waals surface area contributed by atoms with Gasteiger partial charge in [-0.25, -0.2) is 0 Å². The average molecular weight is 320 g/mol. The SMILES string of the molecule is Cc1cc(/C=C(\C#N)C(=O)NCc2ccccn2)c(C)n1C1CC1. The van der Waals surface area contributed by atoms with E-state index in [0.717, 1.165) is 17.0 Å². The Morgan fingerprint density at radius 3 is 2.88 bits per heavy atom. The Morgan fingerprint density at radius 2 is 2.25 bits per heavy atom. The lowest BCUT2D eigenvalue weighted by Gasteiger charge is -2.07. The number of nitrogens with one attached hydrogen (secondary N) is 1. The first-order valence-corrected chi connectivity index (χ1v) is 8.08. The van der Waals surface area contributed by atoms with E-state index in [0.29, 0.717) is 12.6 Å². The minimum absolute atomic E-state index is 0.113. The second-order valence-electron chi connectivity index (χ2n) is 6.10. The van der Waals surface area contributed by atoms with Crippen molar-refractivity contribution < 1.29 is 4.79 Å². The number of aryl methyl sites for hydroxylation is 1. The summed E-state index contributed by atoms with van der Waals surface area (Å²) >= 11 is 0. The Morgan fingerprint density at radius 1 is 1.46 bits per heavy atom. The fourth-order valence-corrected chi connectivity index (χ4v) is 2.92. The Kier molecular flexibility index (Phi) is 4.48. The van der Waals surface area contributed by atoms with Crippen LogP contribution in [0.3, 0.4) is 0 Å². The van der Waals surface area contributed by atoms with Gasteiger partial charge in [0.15, 0.2) is 0 Å². The molecule has 3 rings (SSSR count). The van der Waals surface area contributed by atoms with E-state index in [9.17, 15) is 10.1 Å². The molecular formula is C19H20N4O. The summed E-state index contributed by atoms with van der Waals surface area (Å²) in [4.78, 5) is 16.4. The van der Waals surface area contributed by atoms with Crippen LogP contribution in [0.15, 0.2) is 36.0 Å². The summed E-state index contributed by atoms with van der Waals surface area (Å²) in [5.74, 6) is -0.376. The van der Waals surface area contributed by atoms with Crippen LogP contribution in [-0.2, 0) is 11.3 Å². The molecule has 1 amide bonds. The molecule has 1 aliphatic rings. The molecule has 24 heavy (non-hydrogen) atoms. The highest BCUT2D eigenvalue weighted by Gasteiger charge is 2.26. The number of hydrogen-bond donors (Lipinski definition) is 1. The molecule has 1 aliphatic carbocycles. The summed E-state index contributed by atoms with van der Waals surface area (Å²) in [6.07, 6.45) is 5.76. The molecule has 0 atom stereocenters. The number of nitrogens with zero attached hydrogens (tertiary/aromatic N) is 3. The van der Waals surface area contributed by atoms with E-state index in [-0.39, 0.29) is 11.5 Å². The summed E-state index contributed by atoms with van der Waals surface area (Å²) in [5.41, 5.74) is 4.09. The van der Waals surface area contributed by atoms with Crippen LogP contribution in [0.25, 0.3) is 6.08 Å². The van der Waals surface area contributed by atoms with E-state index in [2.05, 4.69) is 21.8 Å². The number of nitriles is 1. The highest BCUT2D eigenvalue weighted by atomic mass is 16.1. The second kappa shape index (κ2) is 6.71. The predicted octanol–water partition coefficient (Wildman–Crippen LogP) is 3.06. The van der Waals surface area contributed by atoms with Crippen molar-refractivity contribution in [3.63, 3.8) is 0 Å². The molecule has 1 saturated carbocycles. The first kappa shape index (κ1) is 16.0. The van der Waals surface area contributed by atoms with Crippen molar-refractivity contribution in [3.8, 4) is 6.07 Å². The molecule has 122 valence electrons. The molecule has 0 unspecified atom stereocenters. The normalized spacial score (nSPS) is 14.3. The lowest BCUT2D eigenvalue weighted by molar-refractivity contribution is -0.117. The number of rotatable bonds is 5. The van der Waals surface area contributed by atoms with Gasteiger partial charge in [-0.2, -0.15) is 5.26 Å². The lowest BCUT2D eigenvalue weighted by atomic mass is 10.1. The minimum atomic E-state index is -0.376. The molecule has 0 bridgehead atoms. The van der Waals surface area contributed by atoms with Gasteiger partial charge in [0.1, 0.15) is 11.6 Å². The van der Waals surface area contributed by atoms with Crippen LogP contribution in [0.4, 0.5) is 0 Å². The zero-order valence-electron chi connectivity index (χ0n) is 13.9. The topological polar surface area (TPSA) is 70.7 Å². The fraction of sp³-hybridized carbons (Fsp3) is 0.316. The number of aromatic nitrogens is 2. The largest absolute Gasteiger partial charge is 0.346 e. The summed E-state index contributed by atoms with van der Waals surface area (Å²) in [6.45, 7) is 4.41. The van der Waals surface area contributed by atoms with Gasteiger partial charge in [-0.1, -0.05) is 6.07 Å². The van der Waals surface area contributed by atoms with Crippen molar-refractivity contribution in [2.45, 2.75) is 39.3 Å². The highest BCUT2D eigenvalue weighted by molar-refractivity contribution is 6.01. The molecule has 5 nitrogen and oxygen atoms in total. The first-order chi connectivity index (χ1) is 11.6. The molecule has 0 aliphatic heterocycles. The Hall–Kier alpha value is -2.87. The third-order valence-corrected chi connectivity index (χ3v) is 4.26. The van der Waals surface area contributed by atoms with Crippen molar-refractivity contribution in [2.24, 2.45) is 0 Å². The van der Waals surface area contributed by atoms with Crippen LogP contribution in [0, 0.1) is 25.2 Å². The number of carbonyl (C=O) groups is 1. The van der Waals surface area contributed by atoms with Crippen LogP contribution in [0.5, 0.6) is 0 Å². The summed E-state index contributed by atoms with van der Waals surface area (Å²) in [6, 6.07) is 10.1. The van der Waals surface area contributed by atoms with Gasteiger partial charge in [-0.15, -0.1) is 0 Å². The standard InChI is InChI=1S/C19H20N4O/c1-13-9-15(14(2)23(13)18-6-7-18)10-16(11-20)19(24)22-12-17-5-3-4-8-21-17/h3-5,8-10,18H,6-7,12H2,1-2H3,(H,22,24)/b16-10+. The van der Waals surface area contributed by atoms with E-state index in [1.807, 2.05) is 37.3 Å². The maximum Gasteiger partial charge on any atom is 0.262 e. The van der Waals surface area contributed by atoms with Crippen LogP contribution in [0.1, 0.15) is 41.5 Å². The number of hydrogen-bond acceptors (Lipinski definition) is 3. The Labute approximate surface area is 141 Å². The number of carbonyl (C=O) groups excluding carboxylic acids is 1. The van der Waals surface area contributed by atoms with Crippen molar-refractivity contribution in [1.82, 2.24) is 14.9 Å². The van der Waals surface area contributed by atoms with Gasteiger partial charge in [0.2, 0.25) is 0 Å². The second-order valence-corrected chi connectivity index (χ2v) is 6.10. The summed E-state index contributed by atoms with van der Waals surface area (Å²) in [5, 5.41) is 12.1. The maximum absolute atomic E-state index is 12.3. The van der Waals surface area contributed by atoms with Crippen LogP contribution in [0.2, 0.25) is 0 Å². The van der Waals surface area contributed by atoms with E-state index >= 15 is 0 Å². The van der Waals surface area contributed by atoms with Gasteiger partial charge < -0.3 is 9.88 Å². The quantitative estimate of drug-likeness (QED) is 0.680. The average Bonchev–Trinajstić information content (AvgIpc) is 3.38. The van der Waals surface area contributed by atoms with Gasteiger partial charge in [0.25, 0.3) is 5.91 Å². The number of amides is 1. The van der Waals surface area contributed by atoms with E-state index in [1.54, 1.807) is 12.3 Å². The zero-order chi connectivity index (χ0) is 17.1. The van der Waals surface area contributed by atoms with E-state index < -0.39 is 0 Å². The van der Waals surface area contributed by atoms with Gasteiger partial charge in [-0.3, -0.25) is 9.78 Å². The third-order valence-electron chi connectivity index (χ3n) is 4.26. The lowest BCUT2D eigenvalue weighted by Crippen LogP contribution is -2.24. The minimum Gasteiger partial charge on any atom is -0.346 e. The Bertz CT molecular complexity index is 823. The van der Waals surface area contributed by atoms with Crippen LogP contribution >= 0.6 is 0 Å². The number of pyridine rings is 1. The van der Waals surface area contributed by atoms with Gasteiger partial charge in [0.05, 0.1) is 12.2 Å². The highest BCUT2D eigenvalue weighted by Crippen LogP contribution is 2.38. The van der Waals surface area contributed by atoms with Crippen molar-refractivity contribution in [3.05, 3.63) is 58.7 Å². The van der Waals surface area contributed by atoms with Gasteiger partial charge >= 0.3 is 0 Å². The van der Waals surface area contributed by atoms with Crippen molar-refractivity contribution in [1.29, 1.82) is 5.26 Å². The first-order valence-electron chi connectivity index (χ1n) is 8.08. The molecule has 0 spiro atoms. The monoisotopic (exact) mass is 320 g/mol. The fourth-order valence-electron chi connectivity index (χ4n) is 2.92. The van der Waals surface area contributed by atoms with E-state index in [1.165, 1.54) is 18.5 Å². The third kappa shape index (κ3) is 3.38. The van der Waals surface area contributed by atoms with Crippen molar-refractivity contribution >= 4 is 12.0 Å². The van der Waals surface area contributed by atoms with Crippen LogP contribution in [-0.4, -0.2) is 15.5 Å². The van der Waals surface area contributed by atoms with E-state index in [4.69, 9.17) is 0 Å². The van der Waals surface area contributed by atoms with Gasteiger partial charge in [0, 0.05) is 23.6 Å². The predicted molar refractivity (Wildman–Crippen MR) is 91.9 cm³/mol. The molecule has 2 aromatic rings. The molecule has 0 saturated heterocycles. The Balaban J connectivity index is 1.76. The van der Waals surface area contributed by atoms with Crippen LogP contribution < -0.4 is 5.32 Å². The molecule has 2 aromatic heterocycles. The summed E-state index contributed by atoms with van der Waals surface area (Å²) < 4.78 is 2.30. The maximum atomic E-state index is 12.3. The molecule has 0 radical (unpaired) electrons. The molecule has 2 heterocycles. The molecule has 5 heteroatoms. The molecule has 1 N–H and O–H groups in total. The summed E-state index contributed by atoms with van der Waals surface area (Å²) in [7, 11) is 0.